The number of hydrogen-bond acceptors (Lipinski definition) is 8. The van der Waals surface area contributed by atoms with Gasteiger partial charge in [0.2, 0.25) is 0 Å². The molecule has 1 atom stereocenters. The first kappa shape index (κ1) is 26.8. The lowest BCUT2D eigenvalue weighted by atomic mass is 10.0. The number of likely N-dealkylation sites (tertiary alicyclic amines) is 1. The van der Waals surface area contributed by atoms with Gasteiger partial charge in [-0.25, -0.2) is 13.7 Å². The molecule has 3 aromatic rings. The topological polar surface area (TPSA) is 145 Å². The molecule has 2 amide bonds. The largest absolute Gasteiger partial charge is 0.453 e. The van der Waals surface area contributed by atoms with Gasteiger partial charge in [0.25, 0.3) is 5.91 Å². The van der Waals surface area contributed by atoms with Gasteiger partial charge in [-0.2, -0.15) is 10.4 Å². The van der Waals surface area contributed by atoms with Crippen molar-refractivity contribution in [1.82, 2.24) is 24.8 Å². The number of fused-ring (bicyclic) bond motifs is 1. The first-order valence-electron chi connectivity index (χ1n) is 12.2. The highest BCUT2D eigenvalue weighted by Crippen LogP contribution is 2.27. The van der Waals surface area contributed by atoms with E-state index in [-0.39, 0.29) is 24.2 Å². The van der Waals surface area contributed by atoms with E-state index in [1.165, 1.54) is 33.4 Å². The maximum absolute atomic E-state index is 14.3. The zero-order valence-corrected chi connectivity index (χ0v) is 21.4. The molecule has 0 spiro atoms. The van der Waals surface area contributed by atoms with Crippen molar-refractivity contribution < 1.29 is 23.8 Å². The maximum Gasteiger partial charge on any atom is 0.409 e. The molecule has 1 saturated heterocycles. The van der Waals surface area contributed by atoms with E-state index in [0.29, 0.717) is 54.1 Å². The Morgan fingerprint density at radius 2 is 2.03 bits per heavy atom. The molecule has 1 aliphatic heterocycles. The number of ether oxygens (including phenoxy) is 1. The van der Waals surface area contributed by atoms with E-state index in [9.17, 15) is 19.1 Å². The van der Waals surface area contributed by atoms with Gasteiger partial charge in [0.1, 0.15) is 12.2 Å². The van der Waals surface area contributed by atoms with Gasteiger partial charge in [-0.1, -0.05) is 0 Å². The normalized spacial score (nSPS) is 15.1. The first-order valence-corrected chi connectivity index (χ1v) is 12.2. The number of aliphatic hydroxyl groups is 1. The second-order valence-corrected chi connectivity index (χ2v) is 9.73. The molecular weight excluding hydrogens is 493 g/mol. The third-order valence-corrected chi connectivity index (χ3v) is 6.54. The number of carbonyl (C=O) groups is 2. The zero-order valence-electron chi connectivity index (χ0n) is 21.4. The molecule has 38 heavy (non-hydrogen) atoms. The van der Waals surface area contributed by atoms with Gasteiger partial charge in [0, 0.05) is 25.3 Å². The van der Waals surface area contributed by atoms with Gasteiger partial charge in [-0.3, -0.25) is 9.78 Å². The number of amides is 2. The minimum Gasteiger partial charge on any atom is -0.453 e. The molecule has 1 unspecified atom stereocenters. The quantitative estimate of drug-likeness (QED) is 0.429. The minimum atomic E-state index is -1.66. The molecule has 1 fully saturated rings. The summed E-state index contributed by atoms with van der Waals surface area (Å²) >= 11 is 0. The number of alkyl halides is 1. The summed E-state index contributed by atoms with van der Waals surface area (Å²) in [6.07, 6.45) is 2.10. The van der Waals surface area contributed by atoms with Crippen molar-refractivity contribution in [2.75, 3.05) is 32.1 Å². The number of methoxy groups -OCH3 is 1. The van der Waals surface area contributed by atoms with E-state index in [2.05, 4.69) is 26.8 Å². The SMILES string of the molecule is COC(=O)N1CCC(Nc2cc(-c3ccc4cc(C#N)cnn34)ncc2C(=O)NCC(F)C(C)(C)O)CC1. The smallest absolute Gasteiger partial charge is 0.409 e. The second-order valence-electron chi connectivity index (χ2n) is 9.73. The van der Waals surface area contributed by atoms with Crippen LogP contribution in [0.4, 0.5) is 14.9 Å². The molecule has 1 aliphatic rings. The first-order chi connectivity index (χ1) is 18.1. The molecule has 0 radical (unpaired) electrons. The number of carbonyl (C=O) groups excluding carboxylic acids is 2. The molecule has 0 aliphatic carbocycles. The number of pyridine rings is 1. The number of nitrogens with one attached hydrogen (secondary N) is 2. The number of aromatic nitrogens is 3. The lowest BCUT2D eigenvalue weighted by molar-refractivity contribution is -0.00177. The van der Waals surface area contributed by atoms with E-state index in [1.807, 2.05) is 12.1 Å². The van der Waals surface area contributed by atoms with Gasteiger partial charge in [-0.15, -0.1) is 0 Å². The Balaban J connectivity index is 1.62. The molecule has 0 bridgehead atoms. The maximum atomic E-state index is 14.3. The van der Waals surface area contributed by atoms with Crippen molar-refractivity contribution in [3.05, 3.63) is 47.8 Å². The van der Waals surface area contributed by atoms with E-state index in [0.717, 1.165) is 0 Å². The summed E-state index contributed by atoms with van der Waals surface area (Å²) in [6, 6.07) is 9.10. The van der Waals surface area contributed by atoms with Crippen LogP contribution in [0.25, 0.3) is 16.9 Å². The Morgan fingerprint density at radius 3 is 2.68 bits per heavy atom. The molecule has 200 valence electrons. The van der Waals surface area contributed by atoms with Crippen LogP contribution in [0.1, 0.15) is 42.6 Å². The van der Waals surface area contributed by atoms with Crippen molar-refractivity contribution in [3.63, 3.8) is 0 Å². The fourth-order valence-corrected chi connectivity index (χ4v) is 4.23. The Hall–Kier alpha value is -4.24. The highest BCUT2D eigenvalue weighted by molar-refractivity contribution is 6.00. The average molecular weight is 524 g/mol. The minimum absolute atomic E-state index is 0.0385. The molecular formula is C26H30FN7O4. The van der Waals surface area contributed by atoms with Gasteiger partial charge < -0.3 is 25.4 Å². The van der Waals surface area contributed by atoms with Crippen LogP contribution in [0.3, 0.4) is 0 Å². The van der Waals surface area contributed by atoms with E-state index >= 15 is 0 Å². The third-order valence-electron chi connectivity index (χ3n) is 6.54. The summed E-state index contributed by atoms with van der Waals surface area (Å²) in [5, 5.41) is 29.3. The predicted molar refractivity (Wildman–Crippen MR) is 137 cm³/mol. The monoisotopic (exact) mass is 523 g/mol. The Morgan fingerprint density at radius 1 is 1.29 bits per heavy atom. The van der Waals surface area contributed by atoms with E-state index < -0.39 is 17.7 Å². The molecule has 4 heterocycles. The number of nitriles is 1. The molecule has 3 N–H and O–H groups in total. The average Bonchev–Trinajstić information content (AvgIpc) is 3.34. The van der Waals surface area contributed by atoms with E-state index in [4.69, 9.17) is 10.00 Å². The molecule has 12 heteroatoms. The summed E-state index contributed by atoms with van der Waals surface area (Å²) in [5.74, 6) is -0.540. The van der Waals surface area contributed by atoms with Crippen LogP contribution in [0, 0.1) is 11.3 Å². The van der Waals surface area contributed by atoms with Crippen molar-refractivity contribution in [1.29, 1.82) is 5.26 Å². The Labute approximate surface area is 219 Å². The fourth-order valence-electron chi connectivity index (χ4n) is 4.23. The van der Waals surface area contributed by atoms with Gasteiger partial charge in [-0.05, 0) is 51.0 Å². The van der Waals surface area contributed by atoms with Crippen LogP contribution in [0.2, 0.25) is 0 Å². The lowest BCUT2D eigenvalue weighted by Crippen LogP contribution is -2.43. The number of rotatable bonds is 7. The summed E-state index contributed by atoms with van der Waals surface area (Å²) in [4.78, 5) is 31.0. The van der Waals surface area contributed by atoms with Crippen molar-refractivity contribution in [2.45, 2.75) is 44.5 Å². The molecule has 3 aromatic heterocycles. The predicted octanol–water partition coefficient (Wildman–Crippen LogP) is 2.75. The summed E-state index contributed by atoms with van der Waals surface area (Å²) in [6.45, 7) is 3.29. The van der Waals surface area contributed by atoms with Crippen molar-refractivity contribution in [2.24, 2.45) is 0 Å². The zero-order chi connectivity index (χ0) is 27.4. The number of piperidine rings is 1. The van der Waals surface area contributed by atoms with Crippen LogP contribution in [-0.2, 0) is 4.74 Å². The standard InChI is InChI=1S/C26H30FN7O4/c1-26(2,37)23(27)15-30-24(35)19-14-29-21(22-5-4-18-10-16(12-28)13-31-34(18)22)11-20(19)32-17-6-8-33(9-7-17)25(36)38-3/h4-5,10-11,13-14,17,23,37H,6-9,15H2,1-3H3,(H,29,32)(H,30,35). The second kappa shape index (κ2) is 11.0. The molecule has 11 nitrogen and oxygen atoms in total. The highest BCUT2D eigenvalue weighted by Gasteiger charge is 2.28. The Bertz CT molecular complexity index is 1370. The molecule has 4 rings (SSSR count). The van der Waals surface area contributed by atoms with Crippen LogP contribution in [0.5, 0.6) is 0 Å². The van der Waals surface area contributed by atoms with Crippen LogP contribution < -0.4 is 10.6 Å². The highest BCUT2D eigenvalue weighted by atomic mass is 19.1. The van der Waals surface area contributed by atoms with Gasteiger partial charge in [0.15, 0.2) is 0 Å². The fraction of sp³-hybridized carbons (Fsp3) is 0.423. The summed E-state index contributed by atoms with van der Waals surface area (Å²) < 4.78 is 20.7. The summed E-state index contributed by atoms with van der Waals surface area (Å²) in [7, 11) is 1.34. The number of nitrogens with zero attached hydrogens (tertiary/aromatic N) is 5. The van der Waals surface area contributed by atoms with Gasteiger partial charge in [0.05, 0.1) is 59.2 Å². The lowest BCUT2D eigenvalue weighted by Gasteiger charge is -2.32. The van der Waals surface area contributed by atoms with Crippen molar-refractivity contribution in [3.8, 4) is 17.5 Å². The van der Waals surface area contributed by atoms with Crippen LogP contribution in [0.15, 0.2) is 36.7 Å². The molecule has 0 aromatic carbocycles. The number of hydrogen-bond donors (Lipinski definition) is 3. The van der Waals surface area contributed by atoms with Crippen LogP contribution >= 0.6 is 0 Å². The number of anilines is 1. The number of halogens is 1. The van der Waals surface area contributed by atoms with Gasteiger partial charge >= 0.3 is 6.09 Å². The third kappa shape index (κ3) is 5.84. The van der Waals surface area contributed by atoms with Crippen molar-refractivity contribution >= 4 is 23.2 Å². The Kier molecular flexibility index (Phi) is 7.78. The van der Waals surface area contributed by atoms with E-state index in [1.54, 1.807) is 21.5 Å². The molecule has 0 saturated carbocycles. The summed E-state index contributed by atoms with van der Waals surface area (Å²) in [5.41, 5.74) is 1.45. The van der Waals surface area contributed by atoms with Crippen LogP contribution in [-0.4, -0.2) is 81.2 Å².